The summed E-state index contributed by atoms with van der Waals surface area (Å²) in [5.74, 6) is -1.49. The summed E-state index contributed by atoms with van der Waals surface area (Å²) in [7, 11) is 0. The number of hydrogen-bond donors (Lipinski definition) is 4. The van der Waals surface area contributed by atoms with E-state index in [1.807, 2.05) is 36.4 Å². The quantitative estimate of drug-likeness (QED) is 0.115. The zero-order valence-corrected chi connectivity index (χ0v) is 25.5. The lowest BCUT2D eigenvalue weighted by Crippen LogP contribution is -2.30. The first-order chi connectivity index (χ1) is 21.1. The Labute approximate surface area is 261 Å². The molecule has 9 heteroatoms. The molecule has 0 bridgehead atoms. The topological polar surface area (TPSA) is 130 Å². The molecule has 4 amide bonds. The maximum Gasteiger partial charge on any atom is 0.272 e. The molecule has 4 aromatic carbocycles. The predicted molar refractivity (Wildman–Crippen MR) is 176 cm³/mol. The van der Waals surface area contributed by atoms with E-state index in [0.717, 1.165) is 16.0 Å². The molecule has 0 heterocycles. The van der Waals surface area contributed by atoms with Crippen molar-refractivity contribution in [2.24, 2.45) is 5.73 Å². The Morgan fingerprint density at radius 2 is 1.45 bits per heavy atom. The molecule has 5 N–H and O–H groups in total. The molecule has 0 fully saturated rings. The molecule has 0 aliphatic rings. The average Bonchev–Trinajstić information content (AvgIpc) is 3.01. The molecule has 1 unspecified atom stereocenters. The maximum absolute atomic E-state index is 13.5. The first-order valence-corrected chi connectivity index (χ1v) is 14.9. The van der Waals surface area contributed by atoms with Gasteiger partial charge in [-0.25, -0.2) is 0 Å². The molecule has 8 nitrogen and oxygen atoms in total. The Morgan fingerprint density at radius 1 is 0.773 bits per heavy atom. The van der Waals surface area contributed by atoms with Gasteiger partial charge in [0.25, 0.3) is 17.7 Å². The third-order valence-corrected chi connectivity index (χ3v) is 7.76. The van der Waals surface area contributed by atoms with E-state index in [1.165, 1.54) is 11.8 Å². The number of benzene rings is 4. The van der Waals surface area contributed by atoms with Crippen molar-refractivity contribution < 1.29 is 19.2 Å². The summed E-state index contributed by atoms with van der Waals surface area (Å²) < 4.78 is 0. The molecule has 0 aromatic heterocycles. The molecule has 0 aliphatic heterocycles. The van der Waals surface area contributed by atoms with Crippen molar-refractivity contribution in [1.29, 1.82) is 0 Å². The maximum atomic E-state index is 13.5. The number of amides is 4. The molecule has 0 aliphatic carbocycles. The van der Waals surface area contributed by atoms with Crippen LogP contribution < -0.4 is 21.7 Å². The van der Waals surface area contributed by atoms with Gasteiger partial charge in [-0.05, 0) is 72.5 Å². The van der Waals surface area contributed by atoms with Crippen LogP contribution in [0, 0.1) is 0 Å². The van der Waals surface area contributed by atoms with Crippen molar-refractivity contribution in [3.63, 3.8) is 0 Å². The number of thioether (sulfide) groups is 1. The van der Waals surface area contributed by atoms with Crippen molar-refractivity contribution >= 4 is 52.8 Å². The normalized spacial score (nSPS) is 11.9. The van der Waals surface area contributed by atoms with E-state index in [2.05, 4.69) is 29.8 Å². The molecule has 4 rings (SSSR count). The van der Waals surface area contributed by atoms with Crippen molar-refractivity contribution in [3.8, 4) is 0 Å². The third kappa shape index (κ3) is 8.68. The fourth-order valence-corrected chi connectivity index (χ4v) is 5.16. The van der Waals surface area contributed by atoms with E-state index < -0.39 is 23.0 Å². The van der Waals surface area contributed by atoms with Crippen LogP contribution in [0.4, 0.5) is 11.4 Å². The fraction of sp³-hybridized carbons (Fsp3) is 0.143. The van der Waals surface area contributed by atoms with Gasteiger partial charge in [-0.3, -0.25) is 19.2 Å². The van der Waals surface area contributed by atoms with Gasteiger partial charge in [-0.1, -0.05) is 74.5 Å². The molecule has 44 heavy (non-hydrogen) atoms. The van der Waals surface area contributed by atoms with Gasteiger partial charge in [0.1, 0.15) is 5.70 Å². The highest BCUT2D eigenvalue weighted by Gasteiger charge is 2.19. The van der Waals surface area contributed by atoms with Crippen LogP contribution in [0.2, 0.25) is 0 Å². The zero-order valence-electron chi connectivity index (χ0n) is 24.7. The van der Waals surface area contributed by atoms with E-state index in [1.54, 1.807) is 79.7 Å². The lowest BCUT2D eigenvalue weighted by atomic mass is 10.0. The number of carbonyl (C=O) groups is 4. The molecule has 224 valence electrons. The standard InChI is InChI=1S/C35H34N4O4S/c1-22(2)25-18-16-24(17-19-25)20-31(39-34(42)26-10-5-4-6-11-26)35(43)37-27-12-9-13-28(21-27)44-23(3)33(41)38-30-15-8-7-14-29(30)32(36)40/h4-23H,1-3H3,(H2,36,40)(H,37,43)(H,38,41)(H,39,42)/b31-20+. The van der Waals surface area contributed by atoms with Crippen LogP contribution in [0.25, 0.3) is 6.08 Å². The van der Waals surface area contributed by atoms with Crippen molar-refractivity contribution in [3.05, 3.63) is 131 Å². The SMILES string of the molecule is CC(Sc1cccc(NC(=O)/C(=C\c2ccc(C(C)C)cc2)NC(=O)c2ccccc2)c1)C(=O)Nc1ccccc1C(N)=O. The van der Waals surface area contributed by atoms with E-state index in [9.17, 15) is 19.2 Å². The van der Waals surface area contributed by atoms with Crippen molar-refractivity contribution in [2.45, 2.75) is 36.8 Å². The average molecular weight is 607 g/mol. The summed E-state index contributed by atoms with van der Waals surface area (Å²) in [5, 5.41) is 7.85. The summed E-state index contributed by atoms with van der Waals surface area (Å²) in [6, 6.07) is 30.1. The van der Waals surface area contributed by atoms with Crippen LogP contribution >= 0.6 is 11.8 Å². The molecule has 0 spiro atoms. The Morgan fingerprint density at radius 3 is 2.14 bits per heavy atom. The van der Waals surface area contributed by atoms with Crippen LogP contribution in [-0.2, 0) is 9.59 Å². The highest BCUT2D eigenvalue weighted by Crippen LogP contribution is 2.27. The highest BCUT2D eigenvalue weighted by atomic mass is 32.2. The van der Waals surface area contributed by atoms with Gasteiger partial charge in [0.2, 0.25) is 5.91 Å². The van der Waals surface area contributed by atoms with Gasteiger partial charge in [0.05, 0.1) is 16.5 Å². The van der Waals surface area contributed by atoms with E-state index in [0.29, 0.717) is 22.9 Å². The smallest absolute Gasteiger partial charge is 0.272 e. The van der Waals surface area contributed by atoms with Crippen LogP contribution in [0.15, 0.2) is 114 Å². The van der Waals surface area contributed by atoms with E-state index >= 15 is 0 Å². The number of hydrogen-bond acceptors (Lipinski definition) is 5. The Bertz CT molecular complexity index is 1680. The van der Waals surface area contributed by atoms with Crippen molar-refractivity contribution in [2.75, 3.05) is 10.6 Å². The zero-order chi connectivity index (χ0) is 31.6. The minimum absolute atomic E-state index is 0.0788. The Kier molecular flexibility index (Phi) is 10.7. The second kappa shape index (κ2) is 14.8. The van der Waals surface area contributed by atoms with E-state index in [4.69, 9.17) is 5.73 Å². The van der Waals surface area contributed by atoms with Gasteiger partial charge >= 0.3 is 0 Å². The summed E-state index contributed by atoms with van der Waals surface area (Å²) in [6.07, 6.45) is 1.63. The number of rotatable bonds is 11. The second-order valence-corrected chi connectivity index (χ2v) is 11.8. The number of para-hydroxylation sites is 1. The molecule has 0 saturated carbocycles. The summed E-state index contributed by atoms with van der Waals surface area (Å²) in [4.78, 5) is 51.8. The molecule has 0 radical (unpaired) electrons. The third-order valence-electron chi connectivity index (χ3n) is 6.67. The molecule has 0 saturated heterocycles. The first-order valence-electron chi connectivity index (χ1n) is 14.1. The monoisotopic (exact) mass is 606 g/mol. The molecule has 1 atom stereocenters. The van der Waals surface area contributed by atoms with Crippen LogP contribution in [-0.4, -0.2) is 28.9 Å². The van der Waals surface area contributed by atoms with Gasteiger partial charge in [0, 0.05) is 16.1 Å². The van der Waals surface area contributed by atoms with Gasteiger partial charge in [0.15, 0.2) is 0 Å². The number of nitrogens with one attached hydrogen (secondary N) is 3. The van der Waals surface area contributed by atoms with Gasteiger partial charge < -0.3 is 21.7 Å². The van der Waals surface area contributed by atoms with E-state index in [-0.39, 0.29) is 17.2 Å². The largest absolute Gasteiger partial charge is 0.366 e. The molecule has 4 aromatic rings. The lowest BCUT2D eigenvalue weighted by molar-refractivity contribution is -0.115. The van der Waals surface area contributed by atoms with Crippen LogP contribution in [0.3, 0.4) is 0 Å². The van der Waals surface area contributed by atoms with Crippen molar-refractivity contribution in [1.82, 2.24) is 5.32 Å². The number of primary amides is 1. The lowest BCUT2D eigenvalue weighted by Gasteiger charge is -2.15. The number of carbonyl (C=O) groups excluding carboxylic acids is 4. The summed E-state index contributed by atoms with van der Waals surface area (Å²) in [6.45, 7) is 5.95. The molecular formula is C35H34N4O4S. The van der Waals surface area contributed by atoms with Gasteiger partial charge in [-0.2, -0.15) is 0 Å². The highest BCUT2D eigenvalue weighted by molar-refractivity contribution is 8.00. The minimum atomic E-state index is -0.634. The predicted octanol–water partition coefficient (Wildman–Crippen LogP) is 6.44. The molecular weight excluding hydrogens is 572 g/mol. The first kappa shape index (κ1) is 31.8. The van der Waals surface area contributed by atoms with Crippen LogP contribution in [0.1, 0.15) is 58.5 Å². The Hall–Kier alpha value is -5.15. The minimum Gasteiger partial charge on any atom is -0.366 e. The number of anilines is 2. The second-order valence-electron chi connectivity index (χ2n) is 10.3. The Balaban J connectivity index is 1.50. The number of nitrogens with two attached hydrogens (primary N) is 1. The van der Waals surface area contributed by atoms with Gasteiger partial charge in [-0.15, -0.1) is 11.8 Å². The van der Waals surface area contributed by atoms with Crippen LogP contribution in [0.5, 0.6) is 0 Å². The fourth-order valence-electron chi connectivity index (χ4n) is 4.23. The summed E-state index contributed by atoms with van der Waals surface area (Å²) in [5.41, 5.74) is 8.90. The summed E-state index contributed by atoms with van der Waals surface area (Å²) >= 11 is 1.29.